The molecule has 7 nitrogen and oxygen atoms in total. The molecule has 0 radical (unpaired) electrons. The summed E-state index contributed by atoms with van der Waals surface area (Å²) in [6.07, 6.45) is 0. The Morgan fingerprint density at radius 1 is 1.15 bits per heavy atom. The summed E-state index contributed by atoms with van der Waals surface area (Å²) in [7, 11) is 1.31. The fourth-order valence-electron chi connectivity index (χ4n) is 2.66. The third kappa shape index (κ3) is 3.54. The number of aromatic amines is 2. The van der Waals surface area contributed by atoms with Crippen LogP contribution in [0.4, 0.5) is 0 Å². The van der Waals surface area contributed by atoms with Crippen molar-refractivity contribution in [2.24, 2.45) is 0 Å². The summed E-state index contributed by atoms with van der Waals surface area (Å²) < 4.78 is 4.71. The second kappa shape index (κ2) is 7.05. The third-order valence-electron chi connectivity index (χ3n) is 3.94. The van der Waals surface area contributed by atoms with E-state index in [1.54, 1.807) is 30.3 Å². The molecule has 2 N–H and O–H groups in total. The van der Waals surface area contributed by atoms with Crippen LogP contribution >= 0.6 is 23.4 Å². The molecule has 0 unspecified atom stereocenters. The van der Waals surface area contributed by atoms with Crippen LogP contribution in [0.1, 0.15) is 16.2 Å². The summed E-state index contributed by atoms with van der Waals surface area (Å²) in [5.41, 5.74) is 2.17. The first-order valence-electron chi connectivity index (χ1n) is 7.93. The van der Waals surface area contributed by atoms with Gasteiger partial charge >= 0.3 is 5.97 Å². The number of imidazole rings is 1. The lowest BCUT2D eigenvalue weighted by Gasteiger charge is -2.04. The summed E-state index contributed by atoms with van der Waals surface area (Å²) >= 11 is 7.39. The molecule has 136 valence electrons. The summed E-state index contributed by atoms with van der Waals surface area (Å²) in [5, 5.41) is 1.73. The molecule has 0 saturated carbocycles. The summed E-state index contributed by atoms with van der Waals surface area (Å²) in [4.78, 5) is 38.8. The van der Waals surface area contributed by atoms with Gasteiger partial charge in [-0.3, -0.25) is 4.79 Å². The summed E-state index contributed by atoms with van der Waals surface area (Å²) in [6.45, 7) is 0. The highest BCUT2D eigenvalue weighted by atomic mass is 35.5. The minimum Gasteiger partial charge on any atom is -0.465 e. The Kier molecular flexibility index (Phi) is 4.59. The van der Waals surface area contributed by atoms with Gasteiger partial charge in [-0.25, -0.2) is 14.8 Å². The Morgan fingerprint density at radius 3 is 2.81 bits per heavy atom. The number of nitrogens with zero attached hydrogens (tertiary/aromatic N) is 2. The van der Waals surface area contributed by atoms with Crippen LogP contribution in [0.5, 0.6) is 0 Å². The molecule has 0 fully saturated rings. The topological polar surface area (TPSA) is 101 Å². The molecule has 2 heterocycles. The molecule has 27 heavy (non-hydrogen) atoms. The number of carbonyl (C=O) groups excluding carboxylic acids is 1. The van der Waals surface area contributed by atoms with Crippen LogP contribution in [0.2, 0.25) is 5.02 Å². The summed E-state index contributed by atoms with van der Waals surface area (Å²) in [6, 6.07) is 10.1. The van der Waals surface area contributed by atoms with Crippen molar-refractivity contribution in [2.75, 3.05) is 7.11 Å². The van der Waals surface area contributed by atoms with Crippen LogP contribution in [0.15, 0.2) is 46.3 Å². The lowest BCUT2D eigenvalue weighted by atomic mass is 10.1. The van der Waals surface area contributed by atoms with Gasteiger partial charge < -0.3 is 14.7 Å². The standard InChI is InChI=1S/C18H13ClN4O3S/c1-26-17(25)9-2-4-11-13(6-9)20-15(23-16(11)24)8-27-18-21-12-5-3-10(19)7-14(12)22-18/h2-7H,8H2,1H3,(H,21,22)(H,20,23,24). The lowest BCUT2D eigenvalue weighted by molar-refractivity contribution is 0.0601. The lowest BCUT2D eigenvalue weighted by Crippen LogP contribution is -2.12. The molecule has 2 aromatic carbocycles. The molecule has 9 heteroatoms. The number of fused-ring (bicyclic) bond motifs is 2. The number of H-pyrrole nitrogens is 2. The fourth-order valence-corrected chi connectivity index (χ4v) is 3.59. The Balaban J connectivity index is 1.62. The molecule has 4 aromatic rings. The number of methoxy groups -OCH3 is 1. The first kappa shape index (κ1) is 17.6. The van der Waals surface area contributed by atoms with Crippen LogP contribution in [0, 0.1) is 0 Å². The number of carbonyl (C=O) groups is 1. The quantitative estimate of drug-likeness (QED) is 0.401. The molecule has 0 aliphatic heterocycles. The smallest absolute Gasteiger partial charge is 0.337 e. The average Bonchev–Trinajstić information content (AvgIpc) is 3.07. The van der Waals surface area contributed by atoms with Gasteiger partial charge in [-0.2, -0.15) is 0 Å². The van der Waals surface area contributed by atoms with Gasteiger partial charge in [0.25, 0.3) is 5.56 Å². The molecule has 0 saturated heterocycles. The van der Waals surface area contributed by atoms with Gasteiger partial charge in [0.15, 0.2) is 5.16 Å². The van der Waals surface area contributed by atoms with Gasteiger partial charge in [0.05, 0.1) is 40.4 Å². The van der Waals surface area contributed by atoms with Crippen LogP contribution in [0.25, 0.3) is 21.9 Å². The van der Waals surface area contributed by atoms with E-state index in [0.717, 1.165) is 11.0 Å². The maximum absolute atomic E-state index is 12.3. The van der Waals surface area contributed by atoms with Gasteiger partial charge in [0.1, 0.15) is 5.82 Å². The molecule has 2 aromatic heterocycles. The van der Waals surface area contributed by atoms with Crippen molar-refractivity contribution < 1.29 is 9.53 Å². The molecule has 4 rings (SSSR count). The van der Waals surface area contributed by atoms with E-state index in [1.807, 2.05) is 6.07 Å². The number of esters is 1. The Morgan fingerprint density at radius 2 is 2.00 bits per heavy atom. The second-order valence-electron chi connectivity index (χ2n) is 5.73. The number of thioether (sulfide) groups is 1. The van der Waals surface area contributed by atoms with Crippen molar-refractivity contribution >= 4 is 51.3 Å². The molecule has 0 aliphatic carbocycles. The number of benzene rings is 2. The number of hydrogen-bond acceptors (Lipinski definition) is 6. The average molecular weight is 401 g/mol. The highest BCUT2D eigenvalue weighted by molar-refractivity contribution is 7.98. The Bertz CT molecular complexity index is 1230. The minimum absolute atomic E-state index is 0.261. The van der Waals surface area contributed by atoms with E-state index >= 15 is 0 Å². The molecular weight excluding hydrogens is 388 g/mol. The molecule has 0 aliphatic rings. The number of hydrogen-bond donors (Lipinski definition) is 2. The van der Waals surface area contributed by atoms with Crippen LogP contribution < -0.4 is 5.56 Å². The van der Waals surface area contributed by atoms with Crippen molar-refractivity contribution in [3.63, 3.8) is 0 Å². The first-order valence-corrected chi connectivity index (χ1v) is 9.29. The zero-order chi connectivity index (χ0) is 19.0. The zero-order valence-electron chi connectivity index (χ0n) is 14.1. The highest BCUT2D eigenvalue weighted by Crippen LogP contribution is 2.24. The number of aromatic nitrogens is 4. The van der Waals surface area contributed by atoms with Gasteiger partial charge in [0.2, 0.25) is 0 Å². The van der Waals surface area contributed by atoms with Crippen molar-refractivity contribution in [1.29, 1.82) is 0 Å². The Labute approximate surface area is 162 Å². The van der Waals surface area contributed by atoms with E-state index in [0.29, 0.717) is 38.2 Å². The van der Waals surface area contributed by atoms with Crippen LogP contribution in [0.3, 0.4) is 0 Å². The van der Waals surface area contributed by atoms with Crippen LogP contribution in [-0.4, -0.2) is 33.0 Å². The predicted molar refractivity (Wildman–Crippen MR) is 104 cm³/mol. The highest BCUT2D eigenvalue weighted by Gasteiger charge is 2.11. The number of halogens is 1. The Hall–Kier alpha value is -2.84. The number of nitrogens with one attached hydrogen (secondary N) is 2. The van der Waals surface area contributed by atoms with E-state index in [1.165, 1.54) is 18.9 Å². The number of ether oxygens (including phenoxy) is 1. The SMILES string of the molecule is COC(=O)c1ccc2c(=O)[nH]c(CSc3nc4ccc(Cl)cc4[nH]3)nc2c1. The first-order chi connectivity index (χ1) is 13.0. The maximum Gasteiger partial charge on any atom is 0.337 e. The van der Waals surface area contributed by atoms with E-state index < -0.39 is 5.97 Å². The van der Waals surface area contributed by atoms with Gasteiger partial charge in [-0.15, -0.1) is 0 Å². The van der Waals surface area contributed by atoms with E-state index in [4.69, 9.17) is 16.3 Å². The van der Waals surface area contributed by atoms with Crippen molar-refractivity contribution in [3.05, 3.63) is 63.2 Å². The third-order valence-corrected chi connectivity index (χ3v) is 5.06. The largest absolute Gasteiger partial charge is 0.465 e. The van der Waals surface area contributed by atoms with Gasteiger partial charge in [0, 0.05) is 5.02 Å². The van der Waals surface area contributed by atoms with Crippen molar-refractivity contribution in [1.82, 2.24) is 19.9 Å². The predicted octanol–water partition coefficient (Wildman–Crippen LogP) is 3.53. The monoisotopic (exact) mass is 400 g/mol. The van der Waals surface area contributed by atoms with Crippen molar-refractivity contribution in [3.8, 4) is 0 Å². The van der Waals surface area contributed by atoms with Crippen molar-refractivity contribution in [2.45, 2.75) is 10.9 Å². The minimum atomic E-state index is -0.476. The number of rotatable bonds is 4. The maximum atomic E-state index is 12.3. The normalized spacial score (nSPS) is 11.2. The zero-order valence-corrected chi connectivity index (χ0v) is 15.6. The van der Waals surface area contributed by atoms with Gasteiger partial charge in [-0.05, 0) is 36.4 Å². The molecule has 0 amide bonds. The van der Waals surface area contributed by atoms with Crippen LogP contribution in [-0.2, 0) is 10.5 Å². The van der Waals surface area contributed by atoms with E-state index in [2.05, 4.69) is 19.9 Å². The second-order valence-corrected chi connectivity index (χ2v) is 7.13. The molecular formula is C18H13ClN4O3S. The van der Waals surface area contributed by atoms with E-state index in [9.17, 15) is 9.59 Å². The van der Waals surface area contributed by atoms with E-state index in [-0.39, 0.29) is 5.56 Å². The molecule has 0 atom stereocenters. The molecule has 0 bridgehead atoms. The van der Waals surface area contributed by atoms with Gasteiger partial charge in [-0.1, -0.05) is 23.4 Å². The summed E-state index contributed by atoms with van der Waals surface area (Å²) in [5.74, 6) is 0.412. The fraction of sp³-hybridized carbons (Fsp3) is 0.111. The molecule has 0 spiro atoms.